The summed E-state index contributed by atoms with van der Waals surface area (Å²) in [5.74, 6) is 0.469. The Labute approximate surface area is 137 Å². The van der Waals surface area contributed by atoms with Crippen molar-refractivity contribution in [3.05, 3.63) is 57.0 Å². The van der Waals surface area contributed by atoms with Gasteiger partial charge in [0.1, 0.15) is 10.7 Å². The first-order valence-electron chi connectivity index (χ1n) is 6.81. The Morgan fingerprint density at radius 1 is 1.17 bits per heavy atom. The fourth-order valence-corrected chi connectivity index (χ4v) is 3.74. The molecule has 0 atom stereocenters. The summed E-state index contributed by atoms with van der Waals surface area (Å²) in [7, 11) is -3.20. The van der Waals surface area contributed by atoms with Gasteiger partial charge in [-0.15, -0.1) is 11.3 Å². The van der Waals surface area contributed by atoms with Gasteiger partial charge in [-0.25, -0.2) is 13.4 Å². The topological polar surface area (TPSA) is 79.9 Å². The molecule has 0 saturated heterocycles. The number of nitrogens with zero attached hydrogens (tertiary/aromatic N) is 1. The number of aromatic nitrogens is 2. The number of nitrogens with one attached hydrogen (secondary N) is 1. The van der Waals surface area contributed by atoms with E-state index in [1.165, 1.54) is 17.6 Å². The second-order valence-electron chi connectivity index (χ2n) is 5.22. The van der Waals surface area contributed by atoms with Crippen molar-refractivity contribution in [3.8, 4) is 0 Å². The zero-order valence-electron chi connectivity index (χ0n) is 12.5. The second-order valence-corrected chi connectivity index (χ2v) is 8.10. The maximum Gasteiger partial charge on any atom is 0.260 e. The monoisotopic (exact) mass is 346 g/mol. The molecule has 2 heterocycles. The van der Waals surface area contributed by atoms with E-state index in [-0.39, 0.29) is 10.5 Å². The van der Waals surface area contributed by atoms with Gasteiger partial charge in [-0.3, -0.25) is 4.79 Å². The average Bonchev–Trinajstić information content (AvgIpc) is 2.86. The molecule has 0 aliphatic carbocycles. The minimum Gasteiger partial charge on any atom is -0.306 e. The smallest absolute Gasteiger partial charge is 0.260 e. The molecule has 3 rings (SSSR count). The standard InChI is InChI=1S/C16H14N2O3S2/c1-10-9-22-16-14(10)15(19)17-13(18-16)8-5-11-3-6-12(7-4-11)23(2,20)21/h3-9H,1-2H3,(H,17,18,19)/b8-5+. The zero-order chi connectivity index (χ0) is 16.6. The summed E-state index contributed by atoms with van der Waals surface area (Å²) in [6, 6.07) is 6.52. The van der Waals surface area contributed by atoms with Crippen LogP contribution in [0.4, 0.5) is 0 Å². The molecule has 23 heavy (non-hydrogen) atoms. The lowest BCUT2D eigenvalue weighted by molar-refractivity contribution is 0.602. The number of aromatic amines is 1. The van der Waals surface area contributed by atoms with E-state index in [0.717, 1.165) is 11.1 Å². The van der Waals surface area contributed by atoms with E-state index in [0.29, 0.717) is 16.0 Å². The maximum absolute atomic E-state index is 12.1. The largest absolute Gasteiger partial charge is 0.306 e. The first-order valence-corrected chi connectivity index (χ1v) is 9.58. The molecule has 2 aromatic heterocycles. The van der Waals surface area contributed by atoms with Gasteiger partial charge in [-0.2, -0.15) is 0 Å². The van der Waals surface area contributed by atoms with Crippen LogP contribution in [0.3, 0.4) is 0 Å². The lowest BCUT2D eigenvalue weighted by Gasteiger charge is -1.99. The van der Waals surface area contributed by atoms with Crippen LogP contribution in [0.25, 0.3) is 22.4 Å². The minimum atomic E-state index is -3.20. The highest BCUT2D eigenvalue weighted by molar-refractivity contribution is 7.90. The summed E-state index contributed by atoms with van der Waals surface area (Å²) in [4.78, 5) is 20.2. The predicted octanol–water partition coefficient (Wildman–Crippen LogP) is 2.87. The molecule has 0 unspecified atom stereocenters. The first kappa shape index (κ1) is 15.6. The Morgan fingerprint density at radius 3 is 2.52 bits per heavy atom. The number of thiophene rings is 1. The number of sulfone groups is 1. The Hall–Kier alpha value is -2.25. The number of H-pyrrole nitrogens is 1. The second kappa shape index (κ2) is 5.75. The zero-order valence-corrected chi connectivity index (χ0v) is 14.2. The van der Waals surface area contributed by atoms with E-state index in [9.17, 15) is 13.2 Å². The first-order chi connectivity index (χ1) is 10.8. The van der Waals surface area contributed by atoms with Crippen molar-refractivity contribution in [2.75, 3.05) is 6.26 Å². The van der Waals surface area contributed by atoms with Crippen LogP contribution < -0.4 is 5.56 Å². The minimum absolute atomic E-state index is 0.152. The molecule has 0 aliphatic heterocycles. The van der Waals surface area contributed by atoms with E-state index in [2.05, 4.69) is 9.97 Å². The lowest BCUT2D eigenvalue weighted by atomic mass is 10.2. The van der Waals surface area contributed by atoms with E-state index in [4.69, 9.17) is 0 Å². The van der Waals surface area contributed by atoms with E-state index < -0.39 is 9.84 Å². The number of hydrogen-bond acceptors (Lipinski definition) is 5. The van der Waals surface area contributed by atoms with Gasteiger partial charge < -0.3 is 4.98 Å². The summed E-state index contributed by atoms with van der Waals surface area (Å²) in [5, 5.41) is 2.54. The third-order valence-electron chi connectivity index (χ3n) is 3.39. The Bertz CT molecular complexity index is 1060. The molecule has 0 saturated carbocycles. The normalized spacial score (nSPS) is 12.3. The SMILES string of the molecule is Cc1csc2nc(/C=C/c3ccc(S(C)(=O)=O)cc3)[nH]c(=O)c12. The molecule has 0 bridgehead atoms. The van der Waals surface area contributed by atoms with Gasteiger partial charge >= 0.3 is 0 Å². The van der Waals surface area contributed by atoms with Crippen LogP contribution in [-0.4, -0.2) is 24.6 Å². The molecule has 0 aliphatic rings. The summed E-state index contributed by atoms with van der Waals surface area (Å²) in [6.07, 6.45) is 4.65. The summed E-state index contributed by atoms with van der Waals surface area (Å²) in [5.41, 5.74) is 1.59. The highest BCUT2D eigenvalue weighted by Crippen LogP contribution is 2.20. The molecule has 118 valence electrons. The maximum atomic E-state index is 12.1. The molecule has 7 heteroatoms. The van der Waals surface area contributed by atoms with Crippen LogP contribution in [0.1, 0.15) is 17.0 Å². The Balaban J connectivity index is 1.92. The number of aryl methyl sites for hydroxylation is 1. The Kier molecular flexibility index (Phi) is 3.91. The van der Waals surface area contributed by atoms with Gasteiger partial charge in [0.2, 0.25) is 0 Å². The van der Waals surface area contributed by atoms with Crippen molar-refractivity contribution in [1.29, 1.82) is 0 Å². The quantitative estimate of drug-likeness (QED) is 0.791. The highest BCUT2D eigenvalue weighted by atomic mass is 32.2. The van der Waals surface area contributed by atoms with Crippen LogP contribution in [0.5, 0.6) is 0 Å². The summed E-state index contributed by atoms with van der Waals surface area (Å²) in [6.45, 7) is 1.88. The van der Waals surface area contributed by atoms with E-state index >= 15 is 0 Å². The molecule has 1 N–H and O–H groups in total. The molecule has 0 amide bonds. The number of benzene rings is 1. The molecule has 5 nitrogen and oxygen atoms in total. The van der Waals surface area contributed by atoms with Gasteiger partial charge in [0, 0.05) is 6.26 Å². The van der Waals surface area contributed by atoms with Crippen molar-refractivity contribution in [3.63, 3.8) is 0 Å². The molecular formula is C16H14N2O3S2. The van der Waals surface area contributed by atoms with Gasteiger partial charge in [0.05, 0.1) is 10.3 Å². The van der Waals surface area contributed by atoms with Crippen molar-refractivity contribution < 1.29 is 8.42 Å². The summed E-state index contributed by atoms with van der Waals surface area (Å²) >= 11 is 1.44. The van der Waals surface area contributed by atoms with Crippen LogP contribution in [0.15, 0.2) is 39.3 Å². The van der Waals surface area contributed by atoms with E-state index in [1.807, 2.05) is 12.3 Å². The molecular weight excluding hydrogens is 332 g/mol. The Morgan fingerprint density at radius 2 is 1.87 bits per heavy atom. The van der Waals surface area contributed by atoms with Gasteiger partial charge in [0.25, 0.3) is 5.56 Å². The molecule has 1 aromatic carbocycles. The molecule has 0 radical (unpaired) electrons. The number of hydrogen-bond donors (Lipinski definition) is 1. The molecule has 3 aromatic rings. The molecule has 0 spiro atoms. The third-order valence-corrected chi connectivity index (χ3v) is 5.51. The predicted molar refractivity (Wildman–Crippen MR) is 93.5 cm³/mol. The molecule has 0 fully saturated rings. The van der Waals surface area contributed by atoms with Gasteiger partial charge in [-0.1, -0.05) is 18.2 Å². The number of rotatable bonds is 3. The van der Waals surface area contributed by atoms with Gasteiger partial charge in [-0.05, 0) is 41.6 Å². The fourth-order valence-electron chi connectivity index (χ4n) is 2.19. The van der Waals surface area contributed by atoms with Gasteiger partial charge in [0.15, 0.2) is 9.84 Å². The number of fused-ring (bicyclic) bond motifs is 1. The van der Waals surface area contributed by atoms with E-state index in [1.54, 1.807) is 36.4 Å². The fraction of sp³-hybridized carbons (Fsp3) is 0.125. The van der Waals surface area contributed by atoms with Crippen molar-refractivity contribution in [2.45, 2.75) is 11.8 Å². The van der Waals surface area contributed by atoms with Crippen molar-refractivity contribution in [2.24, 2.45) is 0 Å². The third kappa shape index (κ3) is 3.25. The average molecular weight is 346 g/mol. The van der Waals surface area contributed by atoms with Crippen LogP contribution in [0.2, 0.25) is 0 Å². The van der Waals surface area contributed by atoms with Crippen LogP contribution in [0, 0.1) is 6.92 Å². The van der Waals surface area contributed by atoms with Crippen molar-refractivity contribution >= 4 is 43.5 Å². The summed E-state index contributed by atoms with van der Waals surface area (Å²) < 4.78 is 22.8. The van der Waals surface area contributed by atoms with Crippen LogP contribution in [-0.2, 0) is 9.84 Å². The van der Waals surface area contributed by atoms with Crippen molar-refractivity contribution in [1.82, 2.24) is 9.97 Å². The lowest BCUT2D eigenvalue weighted by Crippen LogP contribution is -2.08. The highest BCUT2D eigenvalue weighted by Gasteiger charge is 2.07. The van der Waals surface area contributed by atoms with Crippen LogP contribution >= 0.6 is 11.3 Å².